The summed E-state index contributed by atoms with van der Waals surface area (Å²) in [5, 5.41) is 14.6. The van der Waals surface area contributed by atoms with E-state index < -0.39 is 0 Å². The van der Waals surface area contributed by atoms with E-state index >= 15 is 0 Å². The van der Waals surface area contributed by atoms with Crippen LogP contribution in [0.2, 0.25) is 5.02 Å². The van der Waals surface area contributed by atoms with Gasteiger partial charge in [0.25, 0.3) is 5.69 Å². The SMILES string of the molecule is CCCC(CCc1ccc(Cl)cc1[N+](=O)[O-])NC. The lowest BCUT2D eigenvalue weighted by molar-refractivity contribution is -0.385. The average Bonchev–Trinajstić information content (AvgIpc) is 2.35. The van der Waals surface area contributed by atoms with Gasteiger partial charge in [-0.25, -0.2) is 0 Å². The van der Waals surface area contributed by atoms with Crippen LogP contribution in [0.1, 0.15) is 31.7 Å². The van der Waals surface area contributed by atoms with Crippen LogP contribution in [0.3, 0.4) is 0 Å². The number of halogens is 1. The van der Waals surface area contributed by atoms with E-state index in [-0.39, 0.29) is 10.6 Å². The predicted octanol–water partition coefficient (Wildman–Crippen LogP) is 3.57. The molecule has 0 fully saturated rings. The van der Waals surface area contributed by atoms with Crippen molar-refractivity contribution in [3.8, 4) is 0 Å². The quantitative estimate of drug-likeness (QED) is 0.609. The number of nitro benzene ring substituents is 1. The first-order valence-electron chi connectivity index (χ1n) is 6.18. The van der Waals surface area contributed by atoms with Gasteiger partial charge in [-0.1, -0.05) is 31.0 Å². The second-order valence-electron chi connectivity index (χ2n) is 4.34. The van der Waals surface area contributed by atoms with Gasteiger partial charge in [-0.2, -0.15) is 0 Å². The van der Waals surface area contributed by atoms with E-state index in [1.807, 2.05) is 7.05 Å². The molecule has 1 unspecified atom stereocenters. The summed E-state index contributed by atoms with van der Waals surface area (Å²) in [5.41, 5.74) is 0.870. The van der Waals surface area contributed by atoms with Gasteiger partial charge >= 0.3 is 0 Å². The van der Waals surface area contributed by atoms with E-state index in [1.165, 1.54) is 6.07 Å². The number of nitrogens with zero attached hydrogens (tertiary/aromatic N) is 1. The zero-order chi connectivity index (χ0) is 13.5. The Morgan fingerprint density at radius 1 is 1.44 bits per heavy atom. The minimum atomic E-state index is -0.366. The third kappa shape index (κ3) is 4.27. The van der Waals surface area contributed by atoms with E-state index in [0.717, 1.165) is 24.8 Å². The largest absolute Gasteiger partial charge is 0.317 e. The van der Waals surface area contributed by atoms with E-state index in [2.05, 4.69) is 12.2 Å². The molecule has 5 heteroatoms. The van der Waals surface area contributed by atoms with Crippen LogP contribution in [0.15, 0.2) is 18.2 Å². The molecular formula is C13H19ClN2O2. The van der Waals surface area contributed by atoms with E-state index in [1.54, 1.807) is 12.1 Å². The Kier molecular flexibility index (Phi) is 6.09. The molecule has 0 radical (unpaired) electrons. The van der Waals surface area contributed by atoms with Gasteiger partial charge in [-0.05, 0) is 32.4 Å². The van der Waals surface area contributed by atoms with Crippen LogP contribution < -0.4 is 5.32 Å². The molecule has 0 aliphatic rings. The normalized spacial score (nSPS) is 12.4. The maximum absolute atomic E-state index is 10.9. The molecule has 0 saturated heterocycles. The number of benzene rings is 1. The molecular weight excluding hydrogens is 252 g/mol. The van der Waals surface area contributed by atoms with Crippen LogP contribution >= 0.6 is 11.6 Å². The summed E-state index contributed by atoms with van der Waals surface area (Å²) in [6.07, 6.45) is 3.78. The number of rotatable bonds is 7. The number of hydrogen-bond acceptors (Lipinski definition) is 3. The lowest BCUT2D eigenvalue weighted by Crippen LogP contribution is -2.25. The van der Waals surface area contributed by atoms with Crippen molar-refractivity contribution in [1.29, 1.82) is 0 Å². The Morgan fingerprint density at radius 3 is 2.72 bits per heavy atom. The number of aryl methyl sites for hydroxylation is 1. The third-order valence-electron chi connectivity index (χ3n) is 3.05. The molecule has 1 aromatic carbocycles. The molecule has 0 amide bonds. The summed E-state index contributed by atoms with van der Waals surface area (Å²) in [6.45, 7) is 2.13. The highest BCUT2D eigenvalue weighted by molar-refractivity contribution is 6.30. The highest BCUT2D eigenvalue weighted by Crippen LogP contribution is 2.24. The Bertz CT molecular complexity index is 410. The zero-order valence-electron chi connectivity index (χ0n) is 10.8. The van der Waals surface area contributed by atoms with Crippen molar-refractivity contribution in [1.82, 2.24) is 5.32 Å². The third-order valence-corrected chi connectivity index (χ3v) is 3.29. The molecule has 0 spiro atoms. The lowest BCUT2D eigenvalue weighted by Gasteiger charge is -2.14. The smallest absolute Gasteiger partial charge is 0.274 e. The molecule has 1 aromatic rings. The maximum atomic E-state index is 10.9. The van der Waals surface area contributed by atoms with Crippen molar-refractivity contribution in [3.63, 3.8) is 0 Å². The Hall–Kier alpha value is -1.13. The minimum absolute atomic E-state index is 0.119. The van der Waals surface area contributed by atoms with Gasteiger partial charge in [-0.3, -0.25) is 10.1 Å². The van der Waals surface area contributed by atoms with Crippen LogP contribution in [-0.4, -0.2) is 18.0 Å². The first-order chi connectivity index (χ1) is 8.58. The molecule has 0 aromatic heterocycles. The van der Waals surface area contributed by atoms with Crippen molar-refractivity contribution in [2.75, 3.05) is 7.05 Å². The summed E-state index contributed by atoms with van der Waals surface area (Å²) in [5.74, 6) is 0. The van der Waals surface area contributed by atoms with Crippen LogP contribution in [0.4, 0.5) is 5.69 Å². The minimum Gasteiger partial charge on any atom is -0.317 e. The number of nitrogens with one attached hydrogen (secondary N) is 1. The van der Waals surface area contributed by atoms with Gasteiger partial charge < -0.3 is 5.32 Å². The molecule has 0 aliphatic carbocycles. The Balaban J connectivity index is 2.74. The summed E-state index contributed by atoms with van der Waals surface area (Å²) < 4.78 is 0. The number of nitro groups is 1. The van der Waals surface area contributed by atoms with Crippen LogP contribution in [0.25, 0.3) is 0 Å². The Morgan fingerprint density at radius 2 is 2.17 bits per heavy atom. The van der Waals surface area contributed by atoms with Crippen molar-refractivity contribution >= 4 is 17.3 Å². The second kappa shape index (κ2) is 7.34. The fraction of sp³-hybridized carbons (Fsp3) is 0.538. The molecule has 0 heterocycles. The Labute approximate surface area is 112 Å². The summed E-state index contributed by atoms with van der Waals surface area (Å²) in [4.78, 5) is 10.6. The molecule has 0 aliphatic heterocycles. The summed E-state index contributed by atoms with van der Waals surface area (Å²) in [7, 11) is 1.93. The van der Waals surface area contributed by atoms with Crippen LogP contribution in [0.5, 0.6) is 0 Å². The van der Waals surface area contributed by atoms with Gasteiger partial charge in [0, 0.05) is 22.7 Å². The lowest BCUT2D eigenvalue weighted by atomic mass is 10.0. The molecule has 100 valence electrons. The molecule has 1 atom stereocenters. The predicted molar refractivity (Wildman–Crippen MR) is 74.2 cm³/mol. The van der Waals surface area contributed by atoms with Gasteiger partial charge in [-0.15, -0.1) is 0 Å². The van der Waals surface area contributed by atoms with E-state index in [4.69, 9.17) is 11.6 Å². The van der Waals surface area contributed by atoms with E-state index in [9.17, 15) is 10.1 Å². The first kappa shape index (κ1) is 14.9. The second-order valence-corrected chi connectivity index (χ2v) is 4.78. The van der Waals surface area contributed by atoms with Crippen LogP contribution in [-0.2, 0) is 6.42 Å². The van der Waals surface area contributed by atoms with Crippen molar-refractivity contribution < 1.29 is 4.92 Å². The van der Waals surface area contributed by atoms with Gasteiger partial charge in [0.1, 0.15) is 0 Å². The molecule has 1 N–H and O–H groups in total. The van der Waals surface area contributed by atoms with Crippen molar-refractivity contribution in [2.45, 2.75) is 38.6 Å². The topological polar surface area (TPSA) is 55.2 Å². The molecule has 1 rings (SSSR count). The zero-order valence-corrected chi connectivity index (χ0v) is 11.5. The summed E-state index contributed by atoms with van der Waals surface area (Å²) >= 11 is 5.78. The monoisotopic (exact) mass is 270 g/mol. The highest BCUT2D eigenvalue weighted by atomic mass is 35.5. The van der Waals surface area contributed by atoms with Crippen molar-refractivity contribution in [2.24, 2.45) is 0 Å². The average molecular weight is 271 g/mol. The van der Waals surface area contributed by atoms with Crippen molar-refractivity contribution in [3.05, 3.63) is 38.9 Å². The fourth-order valence-corrected chi connectivity index (χ4v) is 2.20. The maximum Gasteiger partial charge on any atom is 0.274 e. The van der Waals surface area contributed by atoms with Crippen LogP contribution in [0, 0.1) is 10.1 Å². The molecule has 0 saturated carbocycles. The fourth-order valence-electron chi connectivity index (χ4n) is 2.03. The number of hydrogen-bond donors (Lipinski definition) is 1. The van der Waals surface area contributed by atoms with Gasteiger partial charge in [0.2, 0.25) is 0 Å². The van der Waals surface area contributed by atoms with E-state index in [0.29, 0.717) is 17.5 Å². The first-order valence-corrected chi connectivity index (χ1v) is 6.56. The molecule has 4 nitrogen and oxygen atoms in total. The van der Waals surface area contributed by atoms with Gasteiger partial charge in [0.15, 0.2) is 0 Å². The molecule has 18 heavy (non-hydrogen) atoms. The van der Waals surface area contributed by atoms with Gasteiger partial charge in [0.05, 0.1) is 4.92 Å². The highest BCUT2D eigenvalue weighted by Gasteiger charge is 2.15. The standard InChI is InChI=1S/C13H19ClN2O2/c1-3-4-12(15-2)8-6-10-5-7-11(14)9-13(10)16(17)18/h5,7,9,12,15H,3-4,6,8H2,1-2H3. The molecule has 0 bridgehead atoms. The summed E-state index contributed by atoms with van der Waals surface area (Å²) in [6, 6.07) is 5.28.